The molecule has 2 aliphatic heterocycles. The van der Waals surface area contributed by atoms with Gasteiger partial charge in [-0.15, -0.1) is 0 Å². The predicted molar refractivity (Wildman–Crippen MR) is 106 cm³/mol. The zero-order valence-corrected chi connectivity index (χ0v) is 16.3. The lowest BCUT2D eigenvalue weighted by molar-refractivity contribution is 0.133. The van der Waals surface area contributed by atoms with E-state index in [1.807, 2.05) is 17.0 Å². The molecule has 6 heteroatoms. The number of halogens is 1. The van der Waals surface area contributed by atoms with Gasteiger partial charge in [0.1, 0.15) is 5.82 Å². The summed E-state index contributed by atoms with van der Waals surface area (Å²) in [4.78, 5) is 23.5. The number of pyridine rings is 1. The summed E-state index contributed by atoms with van der Waals surface area (Å²) in [5.74, 6) is 0.738. The maximum absolute atomic E-state index is 12.8. The highest BCUT2D eigenvalue weighted by Crippen LogP contribution is 2.25. The normalized spacial score (nSPS) is 19.3. The minimum Gasteiger partial charge on any atom is -0.319 e. The van der Waals surface area contributed by atoms with Gasteiger partial charge in [0.25, 0.3) is 0 Å². The van der Waals surface area contributed by atoms with Crippen molar-refractivity contribution in [2.24, 2.45) is 0 Å². The molecule has 0 saturated carbocycles. The van der Waals surface area contributed by atoms with Gasteiger partial charge in [0.05, 0.1) is 0 Å². The van der Waals surface area contributed by atoms with Crippen LogP contribution in [0, 0.1) is 0 Å². The molecule has 0 bridgehead atoms. The average molecular weight is 415 g/mol. The zero-order chi connectivity index (χ0) is 17.9. The number of carbonyl (C=O) groups excluding carboxylic acids is 1. The zero-order valence-electron chi connectivity index (χ0n) is 14.7. The summed E-state index contributed by atoms with van der Waals surface area (Å²) in [5, 5.41) is 0. The molecule has 2 amide bonds. The maximum atomic E-state index is 12.8. The Balaban J connectivity index is 1.33. The van der Waals surface area contributed by atoms with Crippen molar-refractivity contribution in [3.05, 3.63) is 58.7 Å². The second kappa shape index (κ2) is 7.76. The number of aromatic nitrogens is 1. The van der Waals surface area contributed by atoms with Crippen molar-refractivity contribution < 1.29 is 4.79 Å². The van der Waals surface area contributed by atoms with E-state index in [4.69, 9.17) is 0 Å². The molecule has 0 atom stereocenters. The van der Waals surface area contributed by atoms with Crippen LogP contribution in [0.4, 0.5) is 10.6 Å². The summed E-state index contributed by atoms with van der Waals surface area (Å²) in [6.45, 7) is 4.59. The summed E-state index contributed by atoms with van der Waals surface area (Å²) >= 11 is 3.39. The van der Waals surface area contributed by atoms with Gasteiger partial charge in [-0.05, 0) is 46.5 Å². The molecule has 26 heavy (non-hydrogen) atoms. The first-order valence-electron chi connectivity index (χ1n) is 9.17. The summed E-state index contributed by atoms with van der Waals surface area (Å²) in [5.41, 5.74) is 1.36. The van der Waals surface area contributed by atoms with Crippen molar-refractivity contribution >= 4 is 27.8 Å². The molecule has 0 N–H and O–H groups in total. The second-order valence-corrected chi connectivity index (χ2v) is 7.87. The van der Waals surface area contributed by atoms with Crippen LogP contribution < -0.4 is 4.90 Å². The van der Waals surface area contributed by atoms with E-state index in [1.165, 1.54) is 5.56 Å². The number of benzene rings is 1. The second-order valence-electron chi connectivity index (χ2n) is 6.96. The van der Waals surface area contributed by atoms with Gasteiger partial charge in [0, 0.05) is 49.4 Å². The molecule has 1 aromatic heterocycles. The summed E-state index contributed by atoms with van der Waals surface area (Å²) in [7, 11) is 0. The Bertz CT molecular complexity index is 744. The molecule has 4 rings (SSSR count). The Hall–Kier alpha value is -1.92. The monoisotopic (exact) mass is 414 g/mol. The van der Waals surface area contributed by atoms with Crippen LogP contribution in [0.5, 0.6) is 0 Å². The van der Waals surface area contributed by atoms with E-state index in [2.05, 4.69) is 56.1 Å². The number of rotatable bonds is 4. The van der Waals surface area contributed by atoms with Gasteiger partial charge in [-0.2, -0.15) is 0 Å². The molecule has 0 unspecified atom stereocenters. The Morgan fingerprint density at radius 2 is 1.77 bits per heavy atom. The van der Waals surface area contributed by atoms with Crippen LogP contribution in [0.2, 0.25) is 0 Å². The Kier molecular flexibility index (Phi) is 5.22. The molecule has 3 heterocycles. The van der Waals surface area contributed by atoms with E-state index in [9.17, 15) is 4.79 Å². The summed E-state index contributed by atoms with van der Waals surface area (Å²) in [6, 6.07) is 14.9. The number of amides is 2. The molecule has 2 fully saturated rings. The van der Waals surface area contributed by atoms with Crippen molar-refractivity contribution in [3.8, 4) is 0 Å². The molecular formula is C20H23BrN4O. The molecular weight excluding hydrogens is 392 g/mol. The van der Waals surface area contributed by atoms with Gasteiger partial charge >= 0.3 is 6.03 Å². The lowest BCUT2D eigenvalue weighted by Gasteiger charge is -2.36. The minimum atomic E-state index is 0.0985. The highest BCUT2D eigenvalue weighted by atomic mass is 79.9. The van der Waals surface area contributed by atoms with Gasteiger partial charge in [-0.3, -0.25) is 9.80 Å². The Morgan fingerprint density at radius 1 is 1.00 bits per heavy atom. The fourth-order valence-corrected chi connectivity index (χ4v) is 4.10. The minimum absolute atomic E-state index is 0.0985. The van der Waals surface area contributed by atoms with E-state index in [0.29, 0.717) is 6.04 Å². The molecule has 0 radical (unpaired) electrons. The van der Waals surface area contributed by atoms with Gasteiger partial charge in [-0.25, -0.2) is 9.78 Å². The number of nitrogens with zero attached hydrogens (tertiary/aromatic N) is 4. The average Bonchev–Trinajstić information content (AvgIpc) is 3.05. The van der Waals surface area contributed by atoms with Gasteiger partial charge in [0.15, 0.2) is 0 Å². The highest BCUT2D eigenvalue weighted by molar-refractivity contribution is 9.10. The molecule has 136 valence electrons. The molecule has 0 spiro atoms. The smallest absolute Gasteiger partial charge is 0.319 e. The van der Waals surface area contributed by atoms with Crippen molar-refractivity contribution in [1.82, 2.24) is 14.8 Å². The van der Waals surface area contributed by atoms with E-state index >= 15 is 0 Å². The van der Waals surface area contributed by atoms with E-state index in [1.54, 1.807) is 11.1 Å². The standard InChI is InChI=1S/C20H23BrN4O/c21-17-6-7-19(22-14-17)25-13-12-24(20(25)26)18-8-10-23(11-9-18)15-16-4-2-1-3-5-16/h1-7,14,18H,8-13,15H2. The van der Waals surface area contributed by atoms with Gasteiger partial charge in [-0.1, -0.05) is 30.3 Å². The van der Waals surface area contributed by atoms with Crippen molar-refractivity contribution in [1.29, 1.82) is 0 Å². The molecule has 2 aromatic rings. The van der Waals surface area contributed by atoms with Gasteiger partial charge < -0.3 is 4.90 Å². The topological polar surface area (TPSA) is 39.7 Å². The van der Waals surface area contributed by atoms with E-state index in [-0.39, 0.29) is 6.03 Å². The first-order valence-corrected chi connectivity index (χ1v) is 9.96. The van der Waals surface area contributed by atoms with Crippen LogP contribution in [0.25, 0.3) is 0 Å². The Labute approximate surface area is 162 Å². The molecule has 2 aliphatic rings. The highest BCUT2D eigenvalue weighted by Gasteiger charge is 2.36. The maximum Gasteiger partial charge on any atom is 0.326 e. The third-order valence-electron chi connectivity index (χ3n) is 5.28. The number of anilines is 1. The van der Waals surface area contributed by atoms with Crippen LogP contribution in [0.1, 0.15) is 18.4 Å². The first kappa shape index (κ1) is 17.5. The predicted octanol–water partition coefficient (Wildman–Crippen LogP) is 3.75. The van der Waals surface area contributed by atoms with E-state index < -0.39 is 0 Å². The molecule has 5 nitrogen and oxygen atoms in total. The number of likely N-dealkylation sites (tertiary alicyclic amines) is 1. The fraction of sp³-hybridized carbons (Fsp3) is 0.400. The van der Waals surface area contributed by atoms with Crippen LogP contribution in [-0.2, 0) is 6.54 Å². The third kappa shape index (κ3) is 3.76. The van der Waals surface area contributed by atoms with Crippen LogP contribution in [0.15, 0.2) is 53.1 Å². The summed E-state index contributed by atoms with van der Waals surface area (Å²) in [6.07, 6.45) is 3.83. The number of urea groups is 1. The van der Waals surface area contributed by atoms with E-state index in [0.717, 1.165) is 55.9 Å². The number of hydrogen-bond acceptors (Lipinski definition) is 3. The number of piperidine rings is 1. The first-order chi connectivity index (χ1) is 12.7. The largest absolute Gasteiger partial charge is 0.326 e. The van der Waals surface area contributed by atoms with Gasteiger partial charge in [0.2, 0.25) is 0 Å². The third-order valence-corrected chi connectivity index (χ3v) is 5.75. The number of carbonyl (C=O) groups is 1. The van der Waals surface area contributed by atoms with Crippen LogP contribution in [0.3, 0.4) is 0 Å². The SMILES string of the molecule is O=C1N(c2ccc(Br)cn2)CCN1C1CCN(Cc2ccccc2)CC1. The van der Waals surface area contributed by atoms with Crippen molar-refractivity contribution in [2.45, 2.75) is 25.4 Å². The van der Waals surface area contributed by atoms with Crippen molar-refractivity contribution in [3.63, 3.8) is 0 Å². The van der Waals surface area contributed by atoms with Crippen molar-refractivity contribution in [2.75, 3.05) is 31.1 Å². The Morgan fingerprint density at radius 3 is 2.46 bits per heavy atom. The fourth-order valence-electron chi connectivity index (χ4n) is 3.86. The quantitative estimate of drug-likeness (QED) is 0.764. The lowest BCUT2D eigenvalue weighted by atomic mass is 10.0. The molecule has 2 saturated heterocycles. The van der Waals surface area contributed by atoms with Crippen LogP contribution >= 0.6 is 15.9 Å². The molecule has 0 aliphatic carbocycles. The number of hydrogen-bond donors (Lipinski definition) is 0. The lowest BCUT2D eigenvalue weighted by Crippen LogP contribution is -2.46. The summed E-state index contributed by atoms with van der Waals surface area (Å²) < 4.78 is 0.926. The van der Waals surface area contributed by atoms with Crippen LogP contribution in [-0.4, -0.2) is 53.0 Å². The molecule has 1 aromatic carbocycles.